The molecule has 18 unspecified atom stereocenters. The molecule has 6 saturated carbocycles. The minimum absolute atomic E-state index is 0.235. The maximum atomic E-state index is 18.6. The van der Waals surface area contributed by atoms with E-state index < -0.39 is 209 Å². The highest BCUT2D eigenvalue weighted by Crippen LogP contribution is 3.16. The quantitative estimate of drug-likeness (QED) is 0.0130. The molecule has 0 aliphatic heterocycles. The van der Waals surface area contributed by atoms with E-state index in [-0.39, 0.29) is 55.8 Å². The van der Waals surface area contributed by atoms with E-state index in [4.69, 9.17) is 56.8 Å². The van der Waals surface area contributed by atoms with Crippen molar-refractivity contribution in [2.24, 2.45) is 32.5 Å². The predicted octanol–water partition coefficient (Wildman–Crippen LogP) is 7.33. The summed E-state index contributed by atoms with van der Waals surface area (Å²) in [5, 5.41) is 35.6. The first kappa shape index (κ1) is 70.4. The van der Waals surface area contributed by atoms with E-state index in [9.17, 15) is 15.3 Å². The molecule has 8 aromatic rings. The Morgan fingerprint density at radius 1 is 0.182 bits per heavy atom. The fourth-order valence-corrected chi connectivity index (χ4v) is 43.3. The van der Waals surface area contributed by atoms with Crippen molar-refractivity contribution in [2.75, 3.05) is 118 Å². The van der Waals surface area contributed by atoms with Gasteiger partial charge in [-0.3, -0.25) is 57.5 Å². The lowest BCUT2D eigenvalue weighted by atomic mass is 9.63. The molecule has 132 heavy (non-hydrogen) atoms. The molecule has 30 aliphatic carbocycles. The van der Waals surface area contributed by atoms with E-state index in [2.05, 4.69) is 47.8 Å². The van der Waals surface area contributed by atoms with Crippen molar-refractivity contribution in [1.82, 2.24) is 0 Å². The summed E-state index contributed by atoms with van der Waals surface area (Å²) in [5.74, 6) is -12.8. The van der Waals surface area contributed by atoms with Gasteiger partial charge >= 0.3 is 71.6 Å². The molecule has 12 spiro atoms. The number of hydrogen-bond acceptors (Lipinski definition) is 27. The highest BCUT2D eigenvalue weighted by Gasteiger charge is 3.19. The third kappa shape index (κ3) is 4.06. The molecule has 38 rings (SSSR count). The van der Waals surface area contributed by atoms with Crippen LogP contribution in [0.3, 0.4) is 0 Å². The number of halogens is 3. The summed E-state index contributed by atoms with van der Waals surface area (Å²) in [6, 6.07) is 0. The van der Waals surface area contributed by atoms with Crippen molar-refractivity contribution in [2.45, 2.75) is 104 Å². The Hall–Kier alpha value is -11.3. The van der Waals surface area contributed by atoms with Gasteiger partial charge in [-0.1, -0.05) is 47.8 Å². The minimum Gasteiger partial charge on any atom is -0.468 e. The van der Waals surface area contributed by atoms with Crippen LogP contribution in [0.2, 0.25) is 0 Å². The lowest BCUT2D eigenvalue weighted by Gasteiger charge is -2.37. The van der Waals surface area contributed by atoms with Gasteiger partial charge in [0, 0.05) is 16.0 Å². The molecule has 27 nitrogen and oxygen atoms in total. The van der Waals surface area contributed by atoms with Gasteiger partial charge in [0.1, 0.15) is 19.8 Å². The number of benzene rings is 8. The fourth-order valence-electron chi connectivity index (χ4n) is 42.1. The number of aliphatic hydroxyl groups excluding tert-OH is 3. The van der Waals surface area contributed by atoms with Gasteiger partial charge in [0.2, 0.25) is 0 Å². The molecule has 648 valence electrons. The summed E-state index contributed by atoms with van der Waals surface area (Å²) < 4.78 is 81.5. The molecule has 0 bridgehead atoms. The summed E-state index contributed by atoms with van der Waals surface area (Å²) in [5.41, 5.74) is -26.5. The van der Waals surface area contributed by atoms with Crippen LogP contribution in [0.1, 0.15) is 172 Å². The van der Waals surface area contributed by atoms with E-state index in [0.29, 0.717) is 286 Å². The zero-order valence-electron chi connectivity index (χ0n) is 70.0. The Bertz CT molecular complexity index is 6630. The summed E-state index contributed by atoms with van der Waals surface area (Å²) in [6.45, 7) is -4.98. The zero-order chi connectivity index (χ0) is 88.9. The standard InChI is InChI=1S/C102H57Br3O27/c1-121-73(109)97(79(115)127-19-10-7-13-103)85-49-25-28-52(85)31-37-58-40-34-55(88(58,85)97)29-26(49)51-27-30-54-33-39-59-41-35(56(28)89(59)87(54,50(25)27)99(89,75(111)123-3)81(117)129-21-12-9-15-105)61(31)91-64(37)43-46-70-47-44-65-38-32(62(34)92(65)94(70,67(40)43)101(92,77(113)125-5)83(119)131-23-17-107)53(29)86(51)90(98(86,74(110)122-2)80(116)128-20-11-8-14-104)57(30)36-42(60(38)90)69(44)96-72(47)48-45(66(39)93(96,63(33)36)102(96,78(114)126-6)84(120)132-24-18-108)68(41)95(91,71(46)48)100(91,76(112)124-4)82(118)130-22-16-106/h106-108H,7-24H2,1-6H3. The number of unbranched alkanes of at least 4 members (excludes halogenated alkanes) is 3. The molecule has 30 aliphatic rings. The summed E-state index contributed by atoms with van der Waals surface area (Å²) in [6.07, 6.45) is 2.38. The normalized spacial score (nSPS) is 37.2. The lowest BCUT2D eigenvalue weighted by Crippen LogP contribution is -2.40. The molecule has 18 atom stereocenters. The fraction of sp³-hybridized carbons (Fsp3) is 0.412. The smallest absolute Gasteiger partial charge is 0.326 e. The molecule has 3 N–H and O–H groups in total. The average Bonchev–Trinajstić information content (AvgIpc) is 1.30. The number of hydrogen-bond donors (Lipinski definition) is 3. The summed E-state index contributed by atoms with van der Waals surface area (Å²) in [4.78, 5) is 220. The largest absolute Gasteiger partial charge is 0.468 e. The van der Waals surface area contributed by atoms with E-state index >= 15 is 57.5 Å². The van der Waals surface area contributed by atoms with Crippen LogP contribution < -0.4 is 0 Å². The second kappa shape index (κ2) is 17.9. The summed E-state index contributed by atoms with van der Waals surface area (Å²) in [7, 11) is 7.30. The lowest BCUT2D eigenvalue weighted by molar-refractivity contribution is -0.167. The van der Waals surface area contributed by atoms with Crippen LogP contribution in [0.25, 0.3) is 134 Å². The number of methoxy groups -OCH3 is 6. The molecular formula is C102H57Br3O27. The second-order valence-corrected chi connectivity index (χ2v) is 44.0. The third-order valence-electron chi connectivity index (χ3n) is 41.8. The number of carbonyl (C=O) groups excluding carboxylic acids is 12. The zero-order valence-corrected chi connectivity index (χ0v) is 74.8. The van der Waals surface area contributed by atoms with Crippen LogP contribution in [0.5, 0.6) is 0 Å². The van der Waals surface area contributed by atoms with Crippen molar-refractivity contribution in [1.29, 1.82) is 0 Å². The molecular weight excluding hydrogens is 1900 g/mol. The Kier molecular flexibility index (Phi) is 9.57. The number of aliphatic hydroxyl groups is 3. The van der Waals surface area contributed by atoms with E-state index in [0.717, 1.165) is 0 Å². The van der Waals surface area contributed by atoms with Crippen molar-refractivity contribution in [3.8, 4) is 134 Å². The first-order valence-electron chi connectivity index (χ1n) is 45.3. The number of rotatable bonds is 30. The van der Waals surface area contributed by atoms with Crippen molar-refractivity contribution >= 4 is 119 Å². The van der Waals surface area contributed by atoms with Gasteiger partial charge in [-0.05, 0) is 306 Å². The summed E-state index contributed by atoms with van der Waals surface area (Å²) >= 11 is 10.9. The SMILES string of the molecule is COC(=O)C1(C(=O)OCCO)C23c4c5c6c7c8c4-c4c2c2c9c%10c4C4%11c%12c%13c%14c%15c(c%12-%10)C%10%12c%16c%17c%18c%19c(c%16-%15)C%15%16c%20c%21c%22c%23c(c%20-%19)C%19%20c%24c-%23c(c-5c5c%24-c%23c(c-2c(c-%17c%23C%18%19C%20(C(=O)OC)C(=O)OCCCCBr)C9%10C%12(C(=O)OC)C(=O)OCCCCBr)C513)C61C(C(=O)OC)(C(=O)OCCO)C%221c1c-7c(c-%13c(c1-%21)C%14%15C%16(C(=O)OC)C(=O)OCCCCBr)C84C%11(C(=O)OC)C(=O)OCCO. The maximum Gasteiger partial charge on any atom is 0.326 e. The topological polar surface area (TPSA) is 376 Å². The van der Waals surface area contributed by atoms with Crippen molar-refractivity contribution in [3.63, 3.8) is 0 Å². The van der Waals surface area contributed by atoms with Crippen LogP contribution in [-0.2, 0) is 179 Å². The van der Waals surface area contributed by atoms with Crippen LogP contribution >= 0.6 is 47.8 Å². The van der Waals surface area contributed by atoms with Crippen molar-refractivity contribution in [3.05, 3.63) is 134 Å². The molecule has 8 aromatic carbocycles. The number of carbonyl (C=O) groups is 12. The van der Waals surface area contributed by atoms with E-state index in [1.165, 1.54) is 42.7 Å². The third-order valence-corrected chi connectivity index (χ3v) is 43.5. The minimum atomic E-state index is -2.77. The number of alkyl halides is 3. The Morgan fingerprint density at radius 3 is 0.379 bits per heavy atom. The van der Waals surface area contributed by atoms with Gasteiger partial charge in [0.25, 0.3) is 0 Å². The Labute approximate surface area is 765 Å². The highest BCUT2D eigenvalue weighted by molar-refractivity contribution is 9.09. The molecule has 6 fully saturated rings. The first-order valence-corrected chi connectivity index (χ1v) is 48.7. The molecule has 0 saturated heterocycles. The van der Waals surface area contributed by atoms with Gasteiger partial charge in [-0.2, -0.15) is 0 Å². The molecule has 0 aromatic heterocycles. The first-order chi connectivity index (χ1) is 64.2. The average molecular weight is 1950 g/mol. The van der Waals surface area contributed by atoms with Crippen LogP contribution in [-0.4, -0.2) is 205 Å². The van der Waals surface area contributed by atoms with Gasteiger partial charge in [-0.25, -0.2) is 0 Å². The van der Waals surface area contributed by atoms with Crippen LogP contribution in [0.4, 0.5) is 0 Å². The van der Waals surface area contributed by atoms with Gasteiger partial charge in [0.05, 0.1) is 147 Å². The maximum absolute atomic E-state index is 18.6. The van der Waals surface area contributed by atoms with Gasteiger partial charge < -0.3 is 72.2 Å². The monoisotopic (exact) mass is 1950 g/mol. The predicted molar refractivity (Wildman–Crippen MR) is 452 cm³/mol. The molecule has 0 heterocycles. The van der Waals surface area contributed by atoms with Gasteiger partial charge in [-0.15, -0.1) is 0 Å². The second-order valence-electron chi connectivity index (χ2n) is 41.6. The molecule has 30 heteroatoms. The van der Waals surface area contributed by atoms with Crippen LogP contribution in [0, 0.1) is 32.5 Å². The number of ether oxygens (including phenoxy) is 12. The Balaban J connectivity index is 0.891. The van der Waals surface area contributed by atoms with Gasteiger partial charge in [0.15, 0.2) is 32.5 Å². The molecule has 0 radical (unpaired) electrons. The Morgan fingerprint density at radius 2 is 0.288 bits per heavy atom. The van der Waals surface area contributed by atoms with E-state index in [1.54, 1.807) is 0 Å². The number of esters is 12. The molecule has 0 amide bonds. The van der Waals surface area contributed by atoms with Crippen molar-refractivity contribution < 1.29 is 130 Å². The van der Waals surface area contributed by atoms with E-state index in [1.807, 2.05) is 0 Å². The van der Waals surface area contributed by atoms with Crippen LogP contribution in [0.15, 0.2) is 0 Å². The highest BCUT2D eigenvalue weighted by atomic mass is 79.9.